The molecule has 0 bridgehead atoms. The van der Waals surface area contributed by atoms with Crippen molar-refractivity contribution in [3.63, 3.8) is 0 Å². The van der Waals surface area contributed by atoms with E-state index in [9.17, 15) is 0 Å². The van der Waals surface area contributed by atoms with E-state index in [4.69, 9.17) is 21.1 Å². The lowest BCUT2D eigenvalue weighted by molar-refractivity contribution is 0.254. The van der Waals surface area contributed by atoms with E-state index in [0.717, 1.165) is 43.7 Å². The monoisotopic (exact) mass is 349 g/mol. The van der Waals surface area contributed by atoms with Crippen molar-refractivity contribution in [2.75, 3.05) is 26.8 Å². The molecule has 3 rings (SSSR count). The van der Waals surface area contributed by atoms with Gasteiger partial charge in [-0.05, 0) is 32.0 Å². The van der Waals surface area contributed by atoms with Gasteiger partial charge in [0.1, 0.15) is 0 Å². The van der Waals surface area contributed by atoms with E-state index in [2.05, 4.69) is 22.0 Å². The molecule has 0 saturated heterocycles. The van der Waals surface area contributed by atoms with E-state index in [1.54, 1.807) is 7.11 Å². The Kier molecular flexibility index (Phi) is 5.31. The molecule has 0 amide bonds. The Balaban J connectivity index is 1.99. The standard InChI is InChI=1S/C18H24ClN3O2/c1-4-7-22-8-6-15-13(11-22)17(21-20-15)12-9-14(19)18(24-5-2)16(10-12)23-3/h9-10H,4-8,11H2,1-3H3,(H,20,21). The van der Waals surface area contributed by atoms with Crippen LogP contribution in [0.5, 0.6) is 11.5 Å². The molecule has 24 heavy (non-hydrogen) atoms. The number of methoxy groups -OCH3 is 1. The number of hydrogen-bond donors (Lipinski definition) is 1. The summed E-state index contributed by atoms with van der Waals surface area (Å²) in [6, 6.07) is 3.86. The van der Waals surface area contributed by atoms with Crippen molar-refractivity contribution in [1.29, 1.82) is 0 Å². The minimum atomic E-state index is 0.541. The van der Waals surface area contributed by atoms with E-state index in [1.807, 2.05) is 19.1 Å². The van der Waals surface area contributed by atoms with Crippen LogP contribution in [0.15, 0.2) is 12.1 Å². The molecule has 0 fully saturated rings. The van der Waals surface area contributed by atoms with Crippen molar-refractivity contribution < 1.29 is 9.47 Å². The van der Waals surface area contributed by atoms with Gasteiger partial charge >= 0.3 is 0 Å². The number of rotatable bonds is 6. The zero-order valence-corrected chi connectivity index (χ0v) is 15.2. The number of nitrogens with one attached hydrogen (secondary N) is 1. The summed E-state index contributed by atoms with van der Waals surface area (Å²) in [5.41, 5.74) is 4.39. The Hall–Kier alpha value is -1.72. The van der Waals surface area contributed by atoms with Gasteiger partial charge in [0.2, 0.25) is 0 Å². The largest absolute Gasteiger partial charge is 0.493 e. The SMILES string of the molecule is CCCN1CCc2[nH]nc(-c3cc(Cl)c(OCC)c(OC)c3)c2C1. The fraction of sp³-hybridized carbons (Fsp3) is 0.500. The first-order valence-corrected chi connectivity index (χ1v) is 8.84. The van der Waals surface area contributed by atoms with Crippen LogP contribution in [0.25, 0.3) is 11.3 Å². The molecule has 0 spiro atoms. The van der Waals surface area contributed by atoms with Gasteiger partial charge in [0, 0.05) is 36.3 Å². The topological polar surface area (TPSA) is 50.4 Å². The first-order valence-electron chi connectivity index (χ1n) is 8.47. The highest BCUT2D eigenvalue weighted by molar-refractivity contribution is 6.32. The molecule has 1 aromatic carbocycles. The van der Waals surface area contributed by atoms with E-state index >= 15 is 0 Å². The zero-order chi connectivity index (χ0) is 17.1. The second-order valence-corrected chi connectivity index (χ2v) is 6.39. The van der Waals surface area contributed by atoms with Gasteiger partial charge in [0.15, 0.2) is 11.5 Å². The predicted octanol–water partition coefficient (Wildman–Crippen LogP) is 3.91. The number of hydrogen-bond acceptors (Lipinski definition) is 4. The Morgan fingerprint density at radius 1 is 1.33 bits per heavy atom. The summed E-state index contributed by atoms with van der Waals surface area (Å²) in [5.74, 6) is 1.22. The molecule has 1 N–H and O–H groups in total. The van der Waals surface area contributed by atoms with Gasteiger partial charge in [-0.3, -0.25) is 10.00 Å². The van der Waals surface area contributed by atoms with Gasteiger partial charge in [-0.25, -0.2) is 0 Å². The van der Waals surface area contributed by atoms with Gasteiger partial charge in [-0.2, -0.15) is 5.10 Å². The third-order valence-corrected chi connectivity index (χ3v) is 4.62. The number of ether oxygens (including phenoxy) is 2. The van der Waals surface area contributed by atoms with Crippen molar-refractivity contribution in [1.82, 2.24) is 15.1 Å². The number of benzene rings is 1. The van der Waals surface area contributed by atoms with Crippen LogP contribution in [0.2, 0.25) is 5.02 Å². The Morgan fingerprint density at radius 2 is 2.17 bits per heavy atom. The first kappa shape index (κ1) is 17.1. The molecule has 0 radical (unpaired) electrons. The summed E-state index contributed by atoms with van der Waals surface area (Å²) in [5, 5.41) is 8.29. The number of nitrogens with zero attached hydrogens (tertiary/aromatic N) is 2. The maximum Gasteiger partial charge on any atom is 0.179 e. The van der Waals surface area contributed by atoms with E-state index in [-0.39, 0.29) is 0 Å². The minimum Gasteiger partial charge on any atom is -0.493 e. The molecular formula is C18H24ClN3O2. The van der Waals surface area contributed by atoms with Crippen LogP contribution < -0.4 is 9.47 Å². The van der Waals surface area contributed by atoms with Crippen LogP contribution >= 0.6 is 11.6 Å². The molecule has 130 valence electrons. The molecule has 0 unspecified atom stereocenters. The van der Waals surface area contributed by atoms with E-state index in [1.165, 1.54) is 11.3 Å². The van der Waals surface area contributed by atoms with Crippen LogP contribution in [-0.4, -0.2) is 41.9 Å². The van der Waals surface area contributed by atoms with Crippen LogP contribution in [0.3, 0.4) is 0 Å². The Morgan fingerprint density at radius 3 is 2.88 bits per heavy atom. The lowest BCUT2D eigenvalue weighted by Crippen LogP contribution is -2.31. The van der Waals surface area contributed by atoms with Gasteiger partial charge < -0.3 is 9.47 Å². The molecule has 0 atom stereocenters. The van der Waals surface area contributed by atoms with Crippen molar-refractivity contribution in [3.8, 4) is 22.8 Å². The third-order valence-electron chi connectivity index (χ3n) is 4.34. The average Bonchev–Trinajstić information content (AvgIpc) is 3.00. The number of aromatic amines is 1. The van der Waals surface area contributed by atoms with Crippen LogP contribution in [-0.2, 0) is 13.0 Å². The van der Waals surface area contributed by atoms with E-state index in [0.29, 0.717) is 23.1 Å². The number of fused-ring (bicyclic) bond motifs is 1. The van der Waals surface area contributed by atoms with Gasteiger partial charge in [-0.1, -0.05) is 18.5 Å². The highest BCUT2D eigenvalue weighted by Gasteiger charge is 2.23. The second kappa shape index (κ2) is 7.45. The maximum absolute atomic E-state index is 6.42. The number of halogens is 1. The van der Waals surface area contributed by atoms with Gasteiger partial charge in [-0.15, -0.1) is 0 Å². The molecular weight excluding hydrogens is 326 g/mol. The Bertz CT molecular complexity index is 715. The lowest BCUT2D eigenvalue weighted by Gasteiger charge is -2.26. The number of aromatic nitrogens is 2. The van der Waals surface area contributed by atoms with Gasteiger partial charge in [0.05, 0.1) is 24.4 Å². The summed E-state index contributed by atoms with van der Waals surface area (Å²) in [6.45, 7) is 7.79. The molecule has 1 aliphatic heterocycles. The number of H-pyrrole nitrogens is 1. The fourth-order valence-electron chi connectivity index (χ4n) is 3.24. The van der Waals surface area contributed by atoms with Crippen molar-refractivity contribution in [2.45, 2.75) is 33.2 Å². The summed E-state index contributed by atoms with van der Waals surface area (Å²) in [4.78, 5) is 2.47. The molecule has 1 aliphatic rings. The molecule has 1 aromatic heterocycles. The van der Waals surface area contributed by atoms with Crippen molar-refractivity contribution in [3.05, 3.63) is 28.4 Å². The van der Waals surface area contributed by atoms with Crippen LogP contribution in [0.4, 0.5) is 0 Å². The van der Waals surface area contributed by atoms with Crippen molar-refractivity contribution in [2.24, 2.45) is 0 Å². The molecule has 6 heteroatoms. The first-order chi connectivity index (χ1) is 11.7. The molecule has 5 nitrogen and oxygen atoms in total. The normalized spacial score (nSPS) is 14.5. The molecule has 2 aromatic rings. The average molecular weight is 350 g/mol. The fourth-order valence-corrected chi connectivity index (χ4v) is 3.50. The smallest absolute Gasteiger partial charge is 0.179 e. The van der Waals surface area contributed by atoms with Crippen LogP contribution in [0, 0.1) is 0 Å². The lowest BCUT2D eigenvalue weighted by atomic mass is 10.0. The summed E-state index contributed by atoms with van der Waals surface area (Å²) in [6.07, 6.45) is 2.16. The second-order valence-electron chi connectivity index (χ2n) is 5.98. The highest BCUT2D eigenvalue weighted by atomic mass is 35.5. The molecule has 2 heterocycles. The Labute approximate surface area is 147 Å². The summed E-state index contributed by atoms with van der Waals surface area (Å²) < 4.78 is 11.1. The van der Waals surface area contributed by atoms with Gasteiger partial charge in [0.25, 0.3) is 0 Å². The minimum absolute atomic E-state index is 0.541. The van der Waals surface area contributed by atoms with Crippen LogP contribution in [0.1, 0.15) is 31.5 Å². The summed E-state index contributed by atoms with van der Waals surface area (Å²) >= 11 is 6.42. The van der Waals surface area contributed by atoms with E-state index < -0.39 is 0 Å². The predicted molar refractivity (Wildman–Crippen MR) is 96.0 cm³/mol. The zero-order valence-electron chi connectivity index (χ0n) is 14.5. The molecule has 0 aliphatic carbocycles. The third kappa shape index (κ3) is 3.23. The van der Waals surface area contributed by atoms with Crippen molar-refractivity contribution >= 4 is 11.6 Å². The molecule has 0 saturated carbocycles. The summed E-state index contributed by atoms with van der Waals surface area (Å²) in [7, 11) is 1.63. The maximum atomic E-state index is 6.42. The quantitative estimate of drug-likeness (QED) is 0.859. The highest BCUT2D eigenvalue weighted by Crippen LogP contribution is 2.40.